The highest BCUT2D eigenvalue weighted by molar-refractivity contribution is 9.08. The summed E-state index contributed by atoms with van der Waals surface area (Å²) >= 11 is 3.43. The molecule has 3 heteroatoms. The Labute approximate surface area is 103 Å². The molecule has 1 aromatic heterocycles. The van der Waals surface area contributed by atoms with E-state index in [1.165, 1.54) is 5.56 Å². The zero-order valence-corrected chi connectivity index (χ0v) is 10.6. The first-order valence-corrected chi connectivity index (χ1v) is 6.11. The maximum atomic E-state index is 5.24. The second kappa shape index (κ2) is 5.12. The van der Waals surface area contributed by atoms with Crippen LogP contribution in [0.5, 0.6) is 5.88 Å². The van der Waals surface area contributed by atoms with Crippen molar-refractivity contribution in [2.75, 3.05) is 7.11 Å². The number of methoxy groups -OCH3 is 1. The molecule has 0 aliphatic rings. The van der Waals surface area contributed by atoms with Crippen LogP contribution in [-0.2, 0) is 5.33 Å². The molecule has 2 rings (SSSR count). The standard InChI is InChI=1S/C13H12BrNO/c1-16-13-12(3-2-8-15-13)11-6-4-10(9-14)5-7-11/h2-8H,9H2,1H3. The Bertz CT molecular complexity index is 468. The number of rotatable bonds is 3. The van der Waals surface area contributed by atoms with Crippen molar-refractivity contribution < 1.29 is 4.74 Å². The van der Waals surface area contributed by atoms with Crippen LogP contribution in [0, 0.1) is 0 Å². The van der Waals surface area contributed by atoms with Crippen LogP contribution in [0.15, 0.2) is 42.6 Å². The number of pyridine rings is 1. The Morgan fingerprint density at radius 1 is 1.19 bits per heavy atom. The lowest BCUT2D eigenvalue weighted by atomic mass is 10.1. The van der Waals surface area contributed by atoms with Crippen molar-refractivity contribution in [1.82, 2.24) is 4.98 Å². The van der Waals surface area contributed by atoms with E-state index in [-0.39, 0.29) is 0 Å². The molecule has 0 bridgehead atoms. The molecule has 0 saturated heterocycles. The van der Waals surface area contributed by atoms with Crippen LogP contribution in [0.2, 0.25) is 0 Å². The number of hydrogen-bond donors (Lipinski definition) is 0. The maximum Gasteiger partial charge on any atom is 0.221 e. The predicted molar refractivity (Wildman–Crippen MR) is 68.9 cm³/mol. The molecule has 0 aliphatic heterocycles. The smallest absolute Gasteiger partial charge is 0.221 e. The molecule has 0 N–H and O–H groups in total. The zero-order chi connectivity index (χ0) is 11.4. The first-order valence-electron chi connectivity index (χ1n) is 4.99. The largest absolute Gasteiger partial charge is 0.481 e. The van der Waals surface area contributed by atoms with Gasteiger partial charge in [-0.1, -0.05) is 40.2 Å². The van der Waals surface area contributed by atoms with Crippen LogP contribution in [0.25, 0.3) is 11.1 Å². The van der Waals surface area contributed by atoms with Gasteiger partial charge in [0.15, 0.2) is 0 Å². The fourth-order valence-corrected chi connectivity index (χ4v) is 1.92. The van der Waals surface area contributed by atoms with E-state index < -0.39 is 0 Å². The van der Waals surface area contributed by atoms with Gasteiger partial charge in [0, 0.05) is 17.1 Å². The summed E-state index contributed by atoms with van der Waals surface area (Å²) in [5, 5.41) is 0.872. The lowest BCUT2D eigenvalue weighted by molar-refractivity contribution is 0.399. The third-order valence-electron chi connectivity index (χ3n) is 2.38. The Hall–Kier alpha value is -1.35. The van der Waals surface area contributed by atoms with Gasteiger partial charge in [-0.3, -0.25) is 0 Å². The highest BCUT2D eigenvalue weighted by Gasteiger charge is 2.05. The van der Waals surface area contributed by atoms with E-state index in [1.54, 1.807) is 13.3 Å². The number of alkyl halides is 1. The maximum absolute atomic E-state index is 5.24. The number of ether oxygens (including phenoxy) is 1. The summed E-state index contributed by atoms with van der Waals surface area (Å²) in [4.78, 5) is 4.18. The molecule has 82 valence electrons. The van der Waals surface area contributed by atoms with Crippen molar-refractivity contribution in [1.29, 1.82) is 0 Å². The molecule has 0 aliphatic carbocycles. The van der Waals surface area contributed by atoms with Crippen molar-refractivity contribution in [3.05, 3.63) is 48.2 Å². The molecule has 1 heterocycles. The molecular weight excluding hydrogens is 266 g/mol. The van der Waals surface area contributed by atoms with Gasteiger partial charge >= 0.3 is 0 Å². The second-order valence-electron chi connectivity index (χ2n) is 3.39. The van der Waals surface area contributed by atoms with Gasteiger partial charge in [-0.15, -0.1) is 0 Å². The number of halogens is 1. The Morgan fingerprint density at radius 2 is 1.94 bits per heavy atom. The molecule has 0 atom stereocenters. The van der Waals surface area contributed by atoms with E-state index in [0.717, 1.165) is 16.5 Å². The van der Waals surface area contributed by atoms with Crippen molar-refractivity contribution in [2.24, 2.45) is 0 Å². The van der Waals surface area contributed by atoms with Gasteiger partial charge in [-0.2, -0.15) is 0 Å². The van der Waals surface area contributed by atoms with Gasteiger partial charge in [-0.25, -0.2) is 4.98 Å². The third kappa shape index (κ3) is 2.25. The molecule has 2 aromatic rings. The normalized spacial score (nSPS) is 10.1. The van der Waals surface area contributed by atoms with Crippen LogP contribution >= 0.6 is 15.9 Å². The van der Waals surface area contributed by atoms with Crippen molar-refractivity contribution in [3.63, 3.8) is 0 Å². The predicted octanol–water partition coefficient (Wildman–Crippen LogP) is 3.65. The third-order valence-corrected chi connectivity index (χ3v) is 3.03. The first kappa shape index (κ1) is 11.1. The van der Waals surface area contributed by atoms with Crippen LogP contribution in [0.1, 0.15) is 5.56 Å². The topological polar surface area (TPSA) is 22.1 Å². The van der Waals surface area contributed by atoms with Gasteiger partial charge < -0.3 is 4.74 Å². The molecule has 16 heavy (non-hydrogen) atoms. The number of nitrogens with zero attached hydrogens (tertiary/aromatic N) is 1. The van der Waals surface area contributed by atoms with Gasteiger partial charge in [-0.05, 0) is 23.3 Å². The molecule has 2 nitrogen and oxygen atoms in total. The Morgan fingerprint density at radius 3 is 2.56 bits per heavy atom. The SMILES string of the molecule is COc1ncccc1-c1ccc(CBr)cc1. The van der Waals surface area contributed by atoms with E-state index in [2.05, 4.69) is 45.2 Å². The average molecular weight is 278 g/mol. The lowest BCUT2D eigenvalue weighted by Crippen LogP contribution is -1.90. The Balaban J connectivity index is 2.42. The zero-order valence-electron chi connectivity index (χ0n) is 8.98. The quantitative estimate of drug-likeness (QED) is 0.799. The van der Waals surface area contributed by atoms with Crippen LogP contribution < -0.4 is 4.74 Å². The lowest BCUT2D eigenvalue weighted by Gasteiger charge is -2.07. The number of aromatic nitrogens is 1. The summed E-state index contributed by atoms with van der Waals surface area (Å²) < 4.78 is 5.24. The summed E-state index contributed by atoms with van der Waals surface area (Å²) in [5.41, 5.74) is 3.40. The van der Waals surface area contributed by atoms with Crippen LogP contribution in [-0.4, -0.2) is 12.1 Å². The van der Waals surface area contributed by atoms with E-state index in [1.807, 2.05) is 12.1 Å². The molecule has 0 unspecified atom stereocenters. The summed E-state index contributed by atoms with van der Waals surface area (Å²) in [6, 6.07) is 12.3. The highest BCUT2D eigenvalue weighted by atomic mass is 79.9. The minimum absolute atomic E-state index is 0.661. The summed E-state index contributed by atoms with van der Waals surface area (Å²) in [7, 11) is 1.64. The van der Waals surface area contributed by atoms with Gasteiger partial charge in [0.25, 0.3) is 0 Å². The minimum Gasteiger partial charge on any atom is -0.481 e. The minimum atomic E-state index is 0.661. The molecule has 0 amide bonds. The van der Waals surface area contributed by atoms with Crippen molar-refractivity contribution >= 4 is 15.9 Å². The second-order valence-corrected chi connectivity index (χ2v) is 3.95. The monoisotopic (exact) mass is 277 g/mol. The molecule has 0 radical (unpaired) electrons. The van der Waals surface area contributed by atoms with Crippen molar-refractivity contribution in [2.45, 2.75) is 5.33 Å². The molecule has 0 fully saturated rings. The molecule has 0 spiro atoms. The van der Waals surface area contributed by atoms with Gasteiger partial charge in [0.05, 0.1) is 7.11 Å². The molecular formula is C13H12BrNO. The van der Waals surface area contributed by atoms with Gasteiger partial charge in [0.1, 0.15) is 0 Å². The fourth-order valence-electron chi connectivity index (χ4n) is 1.55. The van der Waals surface area contributed by atoms with Crippen molar-refractivity contribution in [3.8, 4) is 17.0 Å². The number of hydrogen-bond acceptors (Lipinski definition) is 2. The average Bonchev–Trinajstić information content (AvgIpc) is 2.39. The van der Waals surface area contributed by atoms with E-state index in [9.17, 15) is 0 Å². The van der Waals surface area contributed by atoms with Gasteiger partial charge in [0.2, 0.25) is 5.88 Å². The first-order chi connectivity index (χ1) is 7.85. The highest BCUT2D eigenvalue weighted by Crippen LogP contribution is 2.27. The van der Waals surface area contributed by atoms with Crippen LogP contribution in [0.4, 0.5) is 0 Å². The summed E-state index contributed by atoms with van der Waals surface area (Å²) in [6.07, 6.45) is 1.73. The molecule has 1 aromatic carbocycles. The van der Waals surface area contributed by atoms with Crippen LogP contribution in [0.3, 0.4) is 0 Å². The Kier molecular flexibility index (Phi) is 3.57. The summed E-state index contributed by atoms with van der Waals surface area (Å²) in [6.45, 7) is 0. The summed E-state index contributed by atoms with van der Waals surface area (Å²) in [5.74, 6) is 0.661. The number of benzene rings is 1. The molecule has 0 saturated carbocycles. The van der Waals surface area contributed by atoms with E-state index in [0.29, 0.717) is 5.88 Å². The van der Waals surface area contributed by atoms with E-state index >= 15 is 0 Å². The fraction of sp³-hybridized carbons (Fsp3) is 0.154. The van der Waals surface area contributed by atoms with E-state index in [4.69, 9.17) is 4.74 Å².